The van der Waals surface area contributed by atoms with E-state index in [0.29, 0.717) is 23.4 Å². The first-order valence-corrected chi connectivity index (χ1v) is 14.5. The van der Waals surface area contributed by atoms with Crippen LogP contribution in [0.2, 0.25) is 0 Å². The van der Waals surface area contributed by atoms with Crippen molar-refractivity contribution in [2.45, 2.75) is 72.6 Å². The average Bonchev–Trinajstić information content (AvgIpc) is 2.84. The maximum atomic E-state index is 14.1. The van der Waals surface area contributed by atoms with Crippen molar-refractivity contribution in [2.75, 3.05) is 30.5 Å². The van der Waals surface area contributed by atoms with E-state index in [2.05, 4.69) is 10.6 Å². The summed E-state index contributed by atoms with van der Waals surface area (Å²) in [6.45, 7) is 12.5. The maximum Gasteiger partial charge on any atom is 0.408 e. The third kappa shape index (κ3) is 9.28. The number of benzene rings is 2. The molecule has 2 aromatic carbocycles. The molecule has 0 bridgehead atoms. The van der Waals surface area contributed by atoms with Crippen molar-refractivity contribution in [3.63, 3.8) is 0 Å². The summed E-state index contributed by atoms with van der Waals surface area (Å²) < 4.78 is 5.41. The van der Waals surface area contributed by atoms with Crippen LogP contribution in [0.5, 0.6) is 0 Å². The van der Waals surface area contributed by atoms with E-state index in [1.54, 1.807) is 32.5 Å². The van der Waals surface area contributed by atoms with Gasteiger partial charge >= 0.3 is 6.09 Å². The second-order valence-corrected chi connectivity index (χ2v) is 11.7. The van der Waals surface area contributed by atoms with E-state index in [-0.39, 0.29) is 13.2 Å². The van der Waals surface area contributed by atoms with Gasteiger partial charge in [0.25, 0.3) is 5.91 Å². The van der Waals surface area contributed by atoms with Crippen LogP contribution in [-0.4, -0.2) is 64.7 Å². The number of hydrogen-bond donors (Lipinski definition) is 3. The Morgan fingerprint density at radius 2 is 1.64 bits per heavy atom. The van der Waals surface area contributed by atoms with Gasteiger partial charge in [0.15, 0.2) is 0 Å². The molecule has 39 heavy (non-hydrogen) atoms. The zero-order valence-corrected chi connectivity index (χ0v) is 25.2. The van der Waals surface area contributed by atoms with E-state index in [1.807, 2.05) is 70.3 Å². The van der Waals surface area contributed by atoms with E-state index in [4.69, 9.17) is 4.74 Å². The van der Waals surface area contributed by atoms with Crippen LogP contribution < -0.4 is 10.6 Å². The van der Waals surface area contributed by atoms with E-state index in [0.717, 1.165) is 22.3 Å². The third-order valence-electron chi connectivity index (χ3n) is 6.36. The van der Waals surface area contributed by atoms with Gasteiger partial charge in [-0.3, -0.25) is 9.59 Å². The minimum absolute atomic E-state index is 0.0949. The highest BCUT2D eigenvalue weighted by Gasteiger charge is 2.36. The lowest BCUT2D eigenvalue weighted by atomic mass is 9.97. The first kappa shape index (κ1) is 32.2. The van der Waals surface area contributed by atoms with Gasteiger partial charge in [0.05, 0.1) is 6.61 Å². The van der Waals surface area contributed by atoms with Gasteiger partial charge in [0.1, 0.15) is 17.7 Å². The van der Waals surface area contributed by atoms with Crippen molar-refractivity contribution in [1.82, 2.24) is 10.2 Å². The predicted molar refractivity (Wildman–Crippen MR) is 158 cm³/mol. The molecule has 0 saturated heterocycles. The minimum atomic E-state index is -1.04. The molecule has 0 aliphatic carbocycles. The number of aliphatic hydroxyl groups excluding tert-OH is 1. The van der Waals surface area contributed by atoms with Gasteiger partial charge in [0, 0.05) is 12.2 Å². The van der Waals surface area contributed by atoms with Crippen LogP contribution in [0.25, 0.3) is 0 Å². The molecule has 3 N–H and O–H groups in total. The Kier molecular flexibility index (Phi) is 11.9. The van der Waals surface area contributed by atoms with Crippen molar-refractivity contribution in [2.24, 2.45) is 0 Å². The van der Waals surface area contributed by atoms with E-state index >= 15 is 0 Å². The number of nitrogens with one attached hydrogen (secondary N) is 2. The lowest BCUT2D eigenvalue weighted by Gasteiger charge is -2.34. The second kappa shape index (κ2) is 14.4. The molecular formula is C30H43N3O5S. The molecule has 0 radical (unpaired) electrons. The van der Waals surface area contributed by atoms with E-state index < -0.39 is 35.6 Å². The Bertz CT molecular complexity index is 1140. The molecule has 2 unspecified atom stereocenters. The number of amides is 3. The molecule has 2 atom stereocenters. The molecule has 0 fully saturated rings. The van der Waals surface area contributed by atoms with Crippen molar-refractivity contribution in [3.05, 3.63) is 64.2 Å². The number of aliphatic hydroxyl groups is 1. The normalized spacial score (nSPS) is 12.8. The van der Waals surface area contributed by atoms with E-state index in [9.17, 15) is 19.5 Å². The zero-order chi connectivity index (χ0) is 29.3. The van der Waals surface area contributed by atoms with Crippen LogP contribution in [0, 0.1) is 27.7 Å². The summed E-state index contributed by atoms with van der Waals surface area (Å²) in [5, 5.41) is 15.7. The van der Waals surface area contributed by atoms with Crippen molar-refractivity contribution >= 4 is 35.4 Å². The van der Waals surface area contributed by atoms with Gasteiger partial charge in [0.2, 0.25) is 5.91 Å². The summed E-state index contributed by atoms with van der Waals surface area (Å²) in [6.07, 6.45) is 1.53. The maximum absolute atomic E-state index is 14.1. The van der Waals surface area contributed by atoms with Gasteiger partial charge < -0.3 is 25.4 Å². The molecule has 3 amide bonds. The Hall–Kier alpha value is -3.04. The van der Waals surface area contributed by atoms with Gasteiger partial charge in [-0.15, -0.1) is 0 Å². The number of ether oxygens (including phenoxy) is 1. The number of aryl methyl sites for hydroxylation is 4. The first-order chi connectivity index (χ1) is 18.3. The number of hydrogen-bond acceptors (Lipinski definition) is 6. The highest BCUT2D eigenvalue weighted by molar-refractivity contribution is 7.98. The molecule has 0 saturated carbocycles. The van der Waals surface area contributed by atoms with Gasteiger partial charge in [-0.1, -0.05) is 36.4 Å². The molecule has 2 aromatic rings. The highest BCUT2D eigenvalue weighted by Crippen LogP contribution is 2.28. The van der Waals surface area contributed by atoms with Crippen LogP contribution >= 0.6 is 11.8 Å². The molecule has 0 heterocycles. The summed E-state index contributed by atoms with van der Waals surface area (Å²) in [5.74, 6) is -0.274. The lowest BCUT2D eigenvalue weighted by Crippen LogP contribution is -2.53. The SMILES string of the molecule is CSCCC(NC(=O)OC(C)(C)C)C(=O)N(CCO)C(C(=O)Nc1c(C)cccc1C)c1ccc(C)c(C)c1. The number of thioether (sulfide) groups is 1. The molecule has 9 heteroatoms. The Morgan fingerprint density at radius 3 is 2.18 bits per heavy atom. The van der Waals surface area contributed by atoms with Crippen LogP contribution in [0.15, 0.2) is 36.4 Å². The standard InChI is InChI=1S/C30H43N3O5S/c1-19-12-13-23(18-22(19)4)26(27(35)32-25-20(2)10-9-11-21(25)3)33(15-16-34)28(36)24(14-17-39-8)31-29(37)38-30(5,6)7/h9-13,18,24,26,34H,14-17H2,1-8H3,(H,31,37)(H,32,35). The summed E-state index contributed by atoms with van der Waals surface area (Å²) in [7, 11) is 0. The molecular weight excluding hydrogens is 514 g/mol. The average molecular weight is 558 g/mol. The predicted octanol–water partition coefficient (Wildman–Crippen LogP) is 5.07. The lowest BCUT2D eigenvalue weighted by molar-refractivity contribution is -0.141. The number of carbonyl (C=O) groups excluding carboxylic acids is 3. The monoisotopic (exact) mass is 557 g/mol. The van der Waals surface area contributed by atoms with Crippen molar-refractivity contribution in [1.29, 1.82) is 0 Å². The fraction of sp³-hybridized carbons (Fsp3) is 0.500. The topological polar surface area (TPSA) is 108 Å². The molecule has 8 nitrogen and oxygen atoms in total. The molecule has 0 aromatic heterocycles. The quantitative estimate of drug-likeness (QED) is 0.356. The minimum Gasteiger partial charge on any atom is -0.444 e. The Balaban J connectivity index is 2.56. The van der Waals surface area contributed by atoms with Crippen LogP contribution in [0.3, 0.4) is 0 Å². The molecule has 0 aliphatic rings. The Morgan fingerprint density at radius 1 is 1.00 bits per heavy atom. The van der Waals surface area contributed by atoms with Gasteiger partial charge in [-0.05, 0) is 94.7 Å². The number of nitrogens with zero attached hydrogens (tertiary/aromatic N) is 1. The highest BCUT2D eigenvalue weighted by atomic mass is 32.2. The number of anilines is 1. The number of alkyl carbamates (subject to hydrolysis) is 1. The third-order valence-corrected chi connectivity index (χ3v) is 7.00. The number of rotatable bonds is 11. The van der Waals surface area contributed by atoms with Gasteiger partial charge in [-0.25, -0.2) is 4.79 Å². The molecule has 214 valence electrons. The zero-order valence-electron chi connectivity index (χ0n) is 24.4. The summed E-state index contributed by atoms with van der Waals surface area (Å²) in [5.41, 5.74) is 4.37. The van der Waals surface area contributed by atoms with Crippen molar-refractivity contribution in [3.8, 4) is 0 Å². The summed E-state index contributed by atoms with van der Waals surface area (Å²) in [6, 6.07) is 9.38. The molecule has 0 aliphatic heterocycles. The largest absolute Gasteiger partial charge is 0.444 e. The summed E-state index contributed by atoms with van der Waals surface area (Å²) in [4.78, 5) is 42.0. The number of para-hydroxylation sites is 1. The molecule has 0 spiro atoms. The molecule has 2 rings (SSSR count). The van der Waals surface area contributed by atoms with Crippen molar-refractivity contribution < 1.29 is 24.2 Å². The smallest absolute Gasteiger partial charge is 0.408 e. The first-order valence-electron chi connectivity index (χ1n) is 13.1. The second-order valence-electron chi connectivity index (χ2n) is 10.7. The van der Waals surface area contributed by atoms with E-state index in [1.165, 1.54) is 4.90 Å². The fourth-order valence-electron chi connectivity index (χ4n) is 4.23. The fourth-order valence-corrected chi connectivity index (χ4v) is 4.70. The van der Waals surface area contributed by atoms with Gasteiger partial charge in [-0.2, -0.15) is 11.8 Å². The van der Waals surface area contributed by atoms with Crippen LogP contribution in [0.4, 0.5) is 10.5 Å². The Labute approximate surface area is 236 Å². The summed E-state index contributed by atoms with van der Waals surface area (Å²) >= 11 is 1.54. The number of carbonyl (C=O) groups is 3. The van der Waals surface area contributed by atoms with Crippen LogP contribution in [-0.2, 0) is 14.3 Å². The van der Waals surface area contributed by atoms with Crippen LogP contribution in [0.1, 0.15) is 61.1 Å².